The van der Waals surface area contributed by atoms with E-state index in [9.17, 15) is 14.7 Å². The summed E-state index contributed by atoms with van der Waals surface area (Å²) in [7, 11) is 0. The van der Waals surface area contributed by atoms with Crippen LogP contribution in [0.25, 0.3) is 27.4 Å². The number of nitrogens with zero attached hydrogens (tertiary/aromatic N) is 1. The van der Waals surface area contributed by atoms with E-state index in [2.05, 4.69) is 4.98 Å². The Hall–Kier alpha value is -3.01. The largest absolute Gasteiger partial charge is 0.511 e. The van der Waals surface area contributed by atoms with Crippen LogP contribution in [0.5, 0.6) is 0 Å². The van der Waals surface area contributed by atoms with Crippen molar-refractivity contribution in [1.82, 2.24) is 4.98 Å². The van der Waals surface area contributed by atoms with E-state index < -0.39 is 5.56 Å². The summed E-state index contributed by atoms with van der Waals surface area (Å²) in [5.41, 5.74) is 0.830. The third-order valence-electron chi connectivity index (χ3n) is 4.62. The second-order valence-corrected chi connectivity index (χ2v) is 6.00. The summed E-state index contributed by atoms with van der Waals surface area (Å²) >= 11 is 0. The standard InChI is InChI=1S/C20H15NO3/c1-3-14(22)17-15-11-6-4-5-7-12(11)19(23)13-9-8-10(2)18(16(13)15)21-20(17)24/h4-9,22H,3H2,1-2H3/b17-14+. The fourth-order valence-corrected chi connectivity index (χ4v) is 3.43. The Balaban J connectivity index is 2.66. The van der Waals surface area contributed by atoms with Crippen molar-refractivity contribution >= 4 is 27.4 Å². The van der Waals surface area contributed by atoms with E-state index in [0.29, 0.717) is 38.5 Å². The first-order chi connectivity index (χ1) is 11.5. The van der Waals surface area contributed by atoms with Gasteiger partial charge in [-0.05, 0) is 23.9 Å². The highest BCUT2D eigenvalue weighted by Crippen LogP contribution is 2.20. The van der Waals surface area contributed by atoms with Crippen LogP contribution in [0.15, 0.2) is 46.0 Å². The number of aliphatic hydroxyl groups excluding tert-OH is 1. The summed E-state index contributed by atoms with van der Waals surface area (Å²) in [5, 5.41) is 13.6. The van der Waals surface area contributed by atoms with Crippen molar-refractivity contribution in [3.63, 3.8) is 0 Å². The molecule has 0 bridgehead atoms. The lowest BCUT2D eigenvalue weighted by molar-refractivity contribution is 0.482. The van der Waals surface area contributed by atoms with Crippen molar-refractivity contribution < 1.29 is 5.11 Å². The molecule has 1 aliphatic carbocycles. The van der Waals surface area contributed by atoms with Gasteiger partial charge in [-0.2, -0.15) is 0 Å². The molecule has 2 aromatic rings. The Morgan fingerprint density at radius 3 is 2.42 bits per heavy atom. The highest BCUT2D eigenvalue weighted by Gasteiger charge is 2.15. The molecule has 0 spiro atoms. The molecule has 24 heavy (non-hydrogen) atoms. The third-order valence-corrected chi connectivity index (χ3v) is 4.62. The van der Waals surface area contributed by atoms with Crippen molar-refractivity contribution in [1.29, 1.82) is 0 Å². The number of aliphatic hydroxyl groups is 1. The zero-order chi connectivity index (χ0) is 17.0. The smallest absolute Gasteiger partial charge is 0.281 e. The molecule has 2 aliphatic rings. The van der Waals surface area contributed by atoms with Gasteiger partial charge in [-0.15, -0.1) is 0 Å². The third kappa shape index (κ3) is 1.77. The zero-order valence-electron chi connectivity index (χ0n) is 13.4. The van der Waals surface area contributed by atoms with Gasteiger partial charge in [-0.1, -0.05) is 37.3 Å². The lowest BCUT2D eigenvalue weighted by atomic mass is 9.97. The molecular weight excluding hydrogens is 302 g/mol. The van der Waals surface area contributed by atoms with Crippen molar-refractivity contribution in [2.24, 2.45) is 0 Å². The van der Waals surface area contributed by atoms with Crippen LogP contribution in [0.2, 0.25) is 0 Å². The van der Waals surface area contributed by atoms with Gasteiger partial charge in [0.25, 0.3) is 5.56 Å². The van der Waals surface area contributed by atoms with Gasteiger partial charge in [-0.25, -0.2) is 4.98 Å². The molecule has 1 aliphatic heterocycles. The average molecular weight is 317 g/mol. The van der Waals surface area contributed by atoms with Gasteiger partial charge in [-0.3, -0.25) is 9.59 Å². The minimum atomic E-state index is -0.457. The molecule has 4 rings (SSSR count). The SMILES string of the molecule is CC/C(O)=c1\c(=O)nc2c(C)ccc3c2=c1c1ccccc1c3=O. The van der Waals surface area contributed by atoms with Crippen molar-refractivity contribution in [3.8, 4) is 0 Å². The number of hydrogen-bond acceptors (Lipinski definition) is 4. The number of rotatable bonds is 1. The van der Waals surface area contributed by atoms with E-state index in [1.54, 1.807) is 25.1 Å². The van der Waals surface area contributed by atoms with E-state index in [4.69, 9.17) is 0 Å². The molecule has 1 heterocycles. The van der Waals surface area contributed by atoms with Crippen LogP contribution < -0.4 is 16.2 Å². The van der Waals surface area contributed by atoms with E-state index in [-0.39, 0.29) is 16.4 Å². The predicted molar refractivity (Wildman–Crippen MR) is 94.6 cm³/mol. The second-order valence-electron chi connectivity index (χ2n) is 6.00. The Kier molecular flexibility index (Phi) is 3.03. The highest BCUT2D eigenvalue weighted by atomic mass is 16.3. The molecule has 0 unspecified atom stereocenters. The number of aromatic nitrogens is 1. The van der Waals surface area contributed by atoms with Crippen LogP contribution in [0.4, 0.5) is 0 Å². The summed E-state index contributed by atoms with van der Waals surface area (Å²) in [6.07, 6.45) is 0.326. The summed E-state index contributed by atoms with van der Waals surface area (Å²) in [6, 6.07) is 10.8. The molecule has 0 amide bonds. The Bertz CT molecular complexity index is 1340. The van der Waals surface area contributed by atoms with Gasteiger partial charge in [0.05, 0.1) is 10.7 Å². The number of benzene rings is 2. The van der Waals surface area contributed by atoms with Gasteiger partial charge < -0.3 is 5.11 Å². The monoisotopic (exact) mass is 317 g/mol. The number of aryl methyl sites for hydroxylation is 1. The van der Waals surface area contributed by atoms with Crippen LogP contribution in [-0.4, -0.2) is 10.1 Å². The minimum Gasteiger partial charge on any atom is -0.511 e. The van der Waals surface area contributed by atoms with Gasteiger partial charge in [0.2, 0.25) is 0 Å². The highest BCUT2D eigenvalue weighted by molar-refractivity contribution is 5.90. The first-order valence-corrected chi connectivity index (χ1v) is 7.88. The van der Waals surface area contributed by atoms with Crippen LogP contribution >= 0.6 is 0 Å². The van der Waals surface area contributed by atoms with E-state index in [1.807, 2.05) is 25.1 Å². The lowest BCUT2D eigenvalue weighted by Crippen LogP contribution is -2.32. The predicted octanol–water partition coefficient (Wildman–Crippen LogP) is 2.37. The van der Waals surface area contributed by atoms with Crippen molar-refractivity contribution in [3.05, 3.63) is 78.2 Å². The molecule has 0 aromatic heterocycles. The summed E-state index contributed by atoms with van der Waals surface area (Å²) in [5.74, 6) is 0.000933. The Labute approximate surface area is 136 Å². The van der Waals surface area contributed by atoms with Gasteiger partial charge in [0.15, 0.2) is 5.43 Å². The molecule has 0 radical (unpaired) electrons. The van der Waals surface area contributed by atoms with Crippen LogP contribution in [0, 0.1) is 17.4 Å². The average Bonchev–Trinajstić information content (AvgIpc) is 2.60. The maximum absolute atomic E-state index is 12.9. The van der Waals surface area contributed by atoms with Crippen LogP contribution in [0.1, 0.15) is 18.9 Å². The van der Waals surface area contributed by atoms with E-state index in [0.717, 1.165) is 5.56 Å². The van der Waals surface area contributed by atoms with E-state index >= 15 is 0 Å². The fraction of sp³-hybridized carbons (Fsp3) is 0.150. The van der Waals surface area contributed by atoms with Gasteiger partial charge >= 0.3 is 0 Å². The van der Waals surface area contributed by atoms with Crippen LogP contribution in [-0.2, 0) is 0 Å². The van der Waals surface area contributed by atoms with Crippen molar-refractivity contribution in [2.45, 2.75) is 20.3 Å². The van der Waals surface area contributed by atoms with Crippen LogP contribution in [0.3, 0.4) is 0 Å². The quantitative estimate of drug-likeness (QED) is 0.585. The Morgan fingerprint density at radius 1 is 1.00 bits per heavy atom. The number of hydrogen-bond donors (Lipinski definition) is 1. The molecule has 0 fully saturated rings. The van der Waals surface area contributed by atoms with E-state index in [1.165, 1.54) is 0 Å². The second kappa shape index (κ2) is 4.99. The van der Waals surface area contributed by atoms with Gasteiger partial charge in [0, 0.05) is 27.6 Å². The number of fused-ring (bicyclic) bond motifs is 2. The zero-order valence-corrected chi connectivity index (χ0v) is 13.4. The molecular formula is C20H15NO3. The molecule has 4 heteroatoms. The molecule has 0 saturated heterocycles. The lowest BCUT2D eigenvalue weighted by Gasteiger charge is -2.08. The fourth-order valence-electron chi connectivity index (χ4n) is 3.43. The summed E-state index contributed by atoms with van der Waals surface area (Å²) in [4.78, 5) is 29.6. The summed E-state index contributed by atoms with van der Waals surface area (Å²) < 4.78 is 0. The summed E-state index contributed by atoms with van der Waals surface area (Å²) in [6.45, 7) is 3.64. The van der Waals surface area contributed by atoms with Gasteiger partial charge in [0.1, 0.15) is 5.76 Å². The molecule has 118 valence electrons. The normalized spacial score (nSPS) is 13.1. The molecule has 0 saturated carbocycles. The topological polar surface area (TPSA) is 67.3 Å². The molecule has 0 atom stereocenters. The minimum absolute atomic E-state index is 0.000933. The first-order valence-electron chi connectivity index (χ1n) is 7.88. The first kappa shape index (κ1) is 14.6. The molecule has 2 aromatic carbocycles. The Morgan fingerprint density at radius 2 is 1.71 bits per heavy atom. The molecule has 4 nitrogen and oxygen atoms in total. The van der Waals surface area contributed by atoms with Crippen molar-refractivity contribution in [2.75, 3.05) is 0 Å². The maximum atomic E-state index is 12.9. The maximum Gasteiger partial charge on any atom is 0.281 e. The molecule has 1 N–H and O–H groups in total.